The molecule has 1 atom stereocenters. The van der Waals surface area contributed by atoms with Crippen LogP contribution in [-0.4, -0.2) is 16.3 Å². The lowest BCUT2D eigenvalue weighted by Crippen LogP contribution is -2.11. The predicted octanol–water partition coefficient (Wildman–Crippen LogP) is 1.55. The third-order valence-electron chi connectivity index (χ3n) is 1.75. The molecule has 1 unspecified atom stereocenters. The van der Waals surface area contributed by atoms with Crippen LogP contribution in [0.15, 0.2) is 18.2 Å². The number of hydrogen-bond acceptors (Lipinski definition) is 4. The van der Waals surface area contributed by atoms with E-state index in [0.717, 1.165) is 13.0 Å². The summed E-state index contributed by atoms with van der Waals surface area (Å²) in [6, 6.07) is 3.54. The zero-order valence-corrected chi connectivity index (χ0v) is 8.99. The molecule has 0 aliphatic heterocycles. The number of esters is 1. The van der Waals surface area contributed by atoms with E-state index in [0.29, 0.717) is 0 Å². The van der Waals surface area contributed by atoms with Gasteiger partial charge in [0.2, 0.25) is 0 Å². The molecular formula is C10H8ClFO4. The van der Waals surface area contributed by atoms with Crippen molar-refractivity contribution in [2.75, 3.05) is 0 Å². The molecule has 0 aromatic heterocycles. The highest BCUT2D eigenvalue weighted by Gasteiger charge is 2.22. The molecule has 0 aliphatic carbocycles. The minimum atomic E-state index is -1.73. The van der Waals surface area contributed by atoms with E-state index in [1.165, 1.54) is 12.1 Å². The smallest absolute Gasteiger partial charge is 0.308 e. The van der Waals surface area contributed by atoms with Gasteiger partial charge in [-0.1, -0.05) is 12.1 Å². The molecule has 0 saturated heterocycles. The summed E-state index contributed by atoms with van der Waals surface area (Å²) in [5, 5.41) is 8.29. The molecule has 16 heavy (non-hydrogen) atoms. The second-order valence-electron chi connectivity index (χ2n) is 2.96. The first kappa shape index (κ1) is 12.6. The van der Waals surface area contributed by atoms with Crippen LogP contribution in [0.4, 0.5) is 4.39 Å². The summed E-state index contributed by atoms with van der Waals surface area (Å²) in [4.78, 5) is 21.5. The van der Waals surface area contributed by atoms with Gasteiger partial charge in [0.25, 0.3) is 5.24 Å². The van der Waals surface area contributed by atoms with E-state index < -0.39 is 28.9 Å². The summed E-state index contributed by atoms with van der Waals surface area (Å²) in [5.74, 6) is -2.11. The quantitative estimate of drug-likeness (QED) is 0.499. The van der Waals surface area contributed by atoms with E-state index in [1.807, 2.05) is 0 Å². The van der Waals surface area contributed by atoms with E-state index in [4.69, 9.17) is 11.6 Å². The van der Waals surface area contributed by atoms with Gasteiger partial charge in [-0.25, -0.2) is 4.39 Å². The molecule has 1 N–H and O–H groups in total. The van der Waals surface area contributed by atoms with E-state index in [9.17, 15) is 19.1 Å². The Balaban J connectivity index is 3.22. The van der Waals surface area contributed by atoms with Crippen LogP contribution in [0.25, 0.3) is 0 Å². The first-order valence-corrected chi connectivity index (χ1v) is 4.65. The summed E-state index contributed by atoms with van der Waals surface area (Å²) in [5.41, 5.74) is -0.185. The molecule has 86 valence electrons. The second-order valence-corrected chi connectivity index (χ2v) is 3.33. The van der Waals surface area contributed by atoms with Gasteiger partial charge in [0.1, 0.15) is 0 Å². The zero-order valence-electron chi connectivity index (χ0n) is 8.24. The summed E-state index contributed by atoms with van der Waals surface area (Å²) < 4.78 is 17.9. The molecule has 0 aliphatic rings. The van der Waals surface area contributed by atoms with E-state index in [-0.39, 0.29) is 5.56 Å². The van der Waals surface area contributed by atoms with Gasteiger partial charge >= 0.3 is 5.97 Å². The van der Waals surface area contributed by atoms with E-state index in [1.54, 1.807) is 0 Å². The van der Waals surface area contributed by atoms with Crippen molar-refractivity contribution in [3.05, 3.63) is 29.6 Å². The van der Waals surface area contributed by atoms with Gasteiger partial charge in [-0.3, -0.25) is 9.59 Å². The van der Waals surface area contributed by atoms with Crippen molar-refractivity contribution in [3.63, 3.8) is 0 Å². The fourth-order valence-electron chi connectivity index (χ4n) is 1.11. The first-order chi connectivity index (χ1) is 7.43. The van der Waals surface area contributed by atoms with Gasteiger partial charge < -0.3 is 9.84 Å². The number of rotatable bonds is 3. The van der Waals surface area contributed by atoms with Crippen molar-refractivity contribution in [3.8, 4) is 5.75 Å². The predicted molar refractivity (Wildman–Crippen MR) is 53.5 cm³/mol. The highest BCUT2D eigenvalue weighted by molar-refractivity contribution is 6.64. The molecule has 0 fully saturated rings. The highest BCUT2D eigenvalue weighted by atomic mass is 35.5. The zero-order chi connectivity index (χ0) is 12.3. The summed E-state index contributed by atoms with van der Waals surface area (Å²) in [6.45, 7) is 1.07. The van der Waals surface area contributed by atoms with E-state index in [2.05, 4.69) is 4.74 Å². The SMILES string of the molecule is CC(=O)Oc1c(F)cccc1C(O)C(=O)Cl. The molecule has 0 spiro atoms. The molecular weight excluding hydrogens is 239 g/mol. The van der Waals surface area contributed by atoms with Crippen LogP contribution in [0.1, 0.15) is 18.6 Å². The number of ether oxygens (including phenoxy) is 1. The molecule has 0 amide bonds. The fourth-order valence-corrected chi connectivity index (χ4v) is 1.23. The lowest BCUT2D eigenvalue weighted by Gasteiger charge is -2.12. The van der Waals surface area contributed by atoms with Gasteiger partial charge in [-0.15, -0.1) is 0 Å². The summed E-state index contributed by atoms with van der Waals surface area (Å²) in [7, 11) is 0. The molecule has 0 heterocycles. The van der Waals surface area contributed by atoms with Crippen LogP contribution < -0.4 is 4.74 Å². The van der Waals surface area contributed by atoms with Gasteiger partial charge in [-0.2, -0.15) is 0 Å². The van der Waals surface area contributed by atoms with Crippen molar-refractivity contribution in [1.82, 2.24) is 0 Å². The number of aliphatic hydroxyl groups excluding tert-OH is 1. The number of hydrogen-bond donors (Lipinski definition) is 1. The van der Waals surface area contributed by atoms with Crippen molar-refractivity contribution < 1.29 is 23.8 Å². The van der Waals surface area contributed by atoms with Crippen LogP contribution in [0, 0.1) is 5.82 Å². The van der Waals surface area contributed by atoms with Gasteiger partial charge in [0.05, 0.1) is 0 Å². The van der Waals surface area contributed by atoms with Crippen LogP contribution in [0.3, 0.4) is 0 Å². The number of aliphatic hydroxyl groups is 1. The lowest BCUT2D eigenvalue weighted by atomic mass is 10.1. The molecule has 6 heteroatoms. The maximum Gasteiger partial charge on any atom is 0.308 e. The number of halogens is 2. The Bertz CT molecular complexity index is 433. The Morgan fingerprint density at radius 3 is 2.62 bits per heavy atom. The number of carbonyl (C=O) groups is 2. The monoisotopic (exact) mass is 246 g/mol. The molecule has 0 saturated carbocycles. The summed E-state index contributed by atoms with van der Waals surface area (Å²) in [6.07, 6.45) is -1.73. The second kappa shape index (κ2) is 5.05. The molecule has 1 rings (SSSR count). The topological polar surface area (TPSA) is 63.6 Å². The third-order valence-corrected chi connectivity index (χ3v) is 1.96. The largest absolute Gasteiger partial charge is 0.423 e. The molecule has 4 nitrogen and oxygen atoms in total. The highest BCUT2D eigenvalue weighted by Crippen LogP contribution is 2.29. The van der Waals surface area contributed by atoms with Crippen molar-refractivity contribution in [1.29, 1.82) is 0 Å². The van der Waals surface area contributed by atoms with Crippen LogP contribution in [0.5, 0.6) is 5.75 Å². The van der Waals surface area contributed by atoms with Crippen molar-refractivity contribution in [2.24, 2.45) is 0 Å². The van der Waals surface area contributed by atoms with Crippen molar-refractivity contribution in [2.45, 2.75) is 13.0 Å². The summed E-state index contributed by atoms with van der Waals surface area (Å²) >= 11 is 5.07. The van der Waals surface area contributed by atoms with Gasteiger partial charge in [0.15, 0.2) is 17.7 Å². The molecule has 1 aromatic carbocycles. The Morgan fingerprint density at radius 1 is 1.50 bits per heavy atom. The minimum Gasteiger partial charge on any atom is -0.423 e. The average Bonchev–Trinajstić information content (AvgIpc) is 2.19. The van der Waals surface area contributed by atoms with Gasteiger partial charge in [0, 0.05) is 12.5 Å². The maximum atomic E-state index is 13.3. The fraction of sp³-hybridized carbons (Fsp3) is 0.200. The maximum absolute atomic E-state index is 13.3. The molecule has 1 aromatic rings. The lowest BCUT2D eigenvalue weighted by molar-refractivity contribution is -0.132. The Kier molecular flexibility index (Phi) is 3.98. The van der Waals surface area contributed by atoms with E-state index >= 15 is 0 Å². The van der Waals surface area contributed by atoms with Crippen LogP contribution >= 0.6 is 11.6 Å². The third kappa shape index (κ3) is 2.77. The Hall–Kier alpha value is -1.46. The van der Waals surface area contributed by atoms with Crippen molar-refractivity contribution >= 4 is 22.8 Å². The minimum absolute atomic E-state index is 0.185. The van der Waals surface area contributed by atoms with Gasteiger partial charge in [-0.05, 0) is 17.7 Å². The average molecular weight is 247 g/mol. The number of benzene rings is 1. The normalized spacial score (nSPS) is 12.0. The first-order valence-electron chi connectivity index (χ1n) is 4.27. The molecule has 0 radical (unpaired) electrons. The number of carbonyl (C=O) groups excluding carboxylic acids is 2. The number of para-hydroxylation sites is 1. The Morgan fingerprint density at radius 2 is 2.12 bits per heavy atom. The Labute approximate surface area is 95.6 Å². The van der Waals surface area contributed by atoms with Crippen LogP contribution in [0.2, 0.25) is 0 Å². The molecule has 0 bridgehead atoms. The van der Waals surface area contributed by atoms with Crippen LogP contribution in [-0.2, 0) is 9.59 Å². The standard InChI is InChI=1S/C10H8ClFO4/c1-5(13)16-9-6(8(14)10(11)15)3-2-4-7(9)12/h2-4,8,14H,1H3.